The van der Waals surface area contributed by atoms with E-state index < -0.39 is 0 Å². The summed E-state index contributed by atoms with van der Waals surface area (Å²) in [6, 6.07) is 16.8. The van der Waals surface area contributed by atoms with E-state index in [2.05, 4.69) is 5.32 Å². The third-order valence-electron chi connectivity index (χ3n) is 3.92. The number of thiocarbonyl (C=S) groups is 1. The van der Waals surface area contributed by atoms with E-state index in [1.807, 2.05) is 42.5 Å². The quantitative estimate of drug-likeness (QED) is 0.386. The molecule has 7 heteroatoms. The number of nitrogens with one attached hydrogen (secondary N) is 1. The molecule has 2 aromatic carbocycles. The fourth-order valence-corrected chi connectivity index (χ4v) is 2.87. The molecule has 0 aromatic heterocycles. The van der Waals surface area contributed by atoms with Crippen molar-refractivity contribution in [3.05, 3.63) is 76.8 Å². The van der Waals surface area contributed by atoms with Crippen LogP contribution in [0.5, 0.6) is 0 Å². The third-order valence-corrected chi connectivity index (χ3v) is 4.53. The number of rotatable bonds is 8. The fraction of sp³-hybridized carbons (Fsp3) is 0.227. The molecule has 0 fully saturated rings. The maximum absolute atomic E-state index is 12.3. The van der Waals surface area contributed by atoms with Gasteiger partial charge in [-0.1, -0.05) is 54.1 Å². The SMILES string of the molecule is CCOC(=O)CCN(Cc1ccccc1)C(=S)NC(=O)/C=C/c1ccc(Cl)cc1. The first-order chi connectivity index (χ1) is 14.0. The maximum atomic E-state index is 12.3. The Balaban J connectivity index is 1.99. The Hall–Kier alpha value is -2.70. The average molecular weight is 431 g/mol. The van der Waals surface area contributed by atoms with E-state index in [1.54, 1.807) is 30.0 Å². The number of hydrogen-bond acceptors (Lipinski definition) is 4. The van der Waals surface area contributed by atoms with Gasteiger partial charge in [0.25, 0.3) is 0 Å². The third kappa shape index (κ3) is 8.46. The summed E-state index contributed by atoms with van der Waals surface area (Å²) in [5, 5.41) is 3.58. The van der Waals surface area contributed by atoms with Crippen LogP contribution >= 0.6 is 23.8 Å². The van der Waals surface area contributed by atoms with E-state index in [0.717, 1.165) is 11.1 Å². The number of halogens is 1. The maximum Gasteiger partial charge on any atom is 0.307 e. The average Bonchev–Trinajstić information content (AvgIpc) is 2.71. The molecule has 5 nitrogen and oxygen atoms in total. The summed E-state index contributed by atoms with van der Waals surface area (Å²) in [7, 11) is 0. The lowest BCUT2D eigenvalue weighted by Crippen LogP contribution is -2.42. The Morgan fingerprint density at radius 2 is 1.83 bits per heavy atom. The van der Waals surface area contributed by atoms with Crippen molar-refractivity contribution in [2.45, 2.75) is 19.9 Å². The lowest BCUT2D eigenvalue weighted by atomic mass is 10.2. The standard InChI is InChI=1S/C22H23ClN2O3S/c1-2-28-21(27)14-15-25(16-18-6-4-3-5-7-18)22(29)24-20(26)13-10-17-8-11-19(23)12-9-17/h3-13H,2,14-16H2,1H3,(H,24,26,29)/b13-10+. The van der Waals surface area contributed by atoms with Crippen LogP contribution in [-0.4, -0.2) is 35.0 Å². The molecular formula is C22H23ClN2O3S. The van der Waals surface area contributed by atoms with Crippen LogP contribution in [0.3, 0.4) is 0 Å². The van der Waals surface area contributed by atoms with Crippen LogP contribution in [0, 0.1) is 0 Å². The van der Waals surface area contributed by atoms with Crippen molar-refractivity contribution in [1.82, 2.24) is 10.2 Å². The van der Waals surface area contributed by atoms with Crippen LogP contribution in [0.15, 0.2) is 60.7 Å². The van der Waals surface area contributed by atoms with Crippen LogP contribution in [0.4, 0.5) is 0 Å². The molecule has 29 heavy (non-hydrogen) atoms. The summed E-state index contributed by atoms with van der Waals surface area (Å²) in [6.45, 7) is 2.90. The van der Waals surface area contributed by atoms with Crippen molar-refractivity contribution < 1.29 is 14.3 Å². The smallest absolute Gasteiger partial charge is 0.307 e. The van der Waals surface area contributed by atoms with Crippen LogP contribution in [-0.2, 0) is 20.9 Å². The molecule has 0 spiro atoms. The predicted molar refractivity (Wildman–Crippen MR) is 119 cm³/mol. The number of hydrogen-bond donors (Lipinski definition) is 1. The van der Waals surface area contributed by atoms with Gasteiger partial charge >= 0.3 is 5.97 Å². The molecule has 0 aliphatic rings. The van der Waals surface area contributed by atoms with E-state index in [4.69, 9.17) is 28.6 Å². The van der Waals surface area contributed by atoms with Crippen molar-refractivity contribution in [2.75, 3.05) is 13.2 Å². The Morgan fingerprint density at radius 3 is 2.48 bits per heavy atom. The minimum Gasteiger partial charge on any atom is -0.466 e. The summed E-state index contributed by atoms with van der Waals surface area (Å²) in [5.41, 5.74) is 1.86. The van der Waals surface area contributed by atoms with Gasteiger partial charge in [-0.05, 0) is 48.5 Å². The van der Waals surface area contributed by atoms with Crippen LogP contribution < -0.4 is 5.32 Å². The summed E-state index contributed by atoms with van der Waals surface area (Å²) in [5.74, 6) is -0.651. The van der Waals surface area contributed by atoms with E-state index >= 15 is 0 Å². The van der Waals surface area contributed by atoms with Gasteiger partial charge in [-0.25, -0.2) is 0 Å². The molecule has 0 aliphatic heterocycles. The van der Waals surface area contributed by atoms with Gasteiger partial charge in [0.2, 0.25) is 5.91 Å². The van der Waals surface area contributed by atoms with Gasteiger partial charge in [0.15, 0.2) is 5.11 Å². The normalized spacial score (nSPS) is 10.6. The second kappa shape index (κ2) is 12.0. The number of esters is 1. The van der Waals surface area contributed by atoms with Gasteiger partial charge in [0.1, 0.15) is 0 Å². The van der Waals surface area contributed by atoms with Crippen LogP contribution in [0.1, 0.15) is 24.5 Å². The molecule has 0 saturated carbocycles. The Morgan fingerprint density at radius 1 is 1.14 bits per heavy atom. The molecule has 152 valence electrons. The zero-order chi connectivity index (χ0) is 21.1. The molecule has 0 saturated heterocycles. The largest absolute Gasteiger partial charge is 0.466 e. The number of amides is 1. The molecular weight excluding hydrogens is 408 g/mol. The lowest BCUT2D eigenvalue weighted by Gasteiger charge is -2.25. The van der Waals surface area contributed by atoms with E-state index in [1.165, 1.54) is 6.08 Å². The number of carbonyl (C=O) groups is 2. The zero-order valence-corrected chi connectivity index (χ0v) is 17.7. The second-order valence-corrected chi connectivity index (χ2v) is 6.96. The topological polar surface area (TPSA) is 58.6 Å². The zero-order valence-electron chi connectivity index (χ0n) is 16.1. The number of benzene rings is 2. The molecule has 1 N–H and O–H groups in total. The summed E-state index contributed by atoms with van der Waals surface area (Å²) in [6.07, 6.45) is 3.26. The Bertz CT molecular complexity index is 854. The highest BCUT2D eigenvalue weighted by molar-refractivity contribution is 7.80. The second-order valence-electron chi connectivity index (χ2n) is 6.14. The van der Waals surface area contributed by atoms with Gasteiger partial charge in [0, 0.05) is 24.2 Å². The van der Waals surface area contributed by atoms with Gasteiger partial charge in [-0.2, -0.15) is 0 Å². The van der Waals surface area contributed by atoms with Crippen molar-refractivity contribution in [2.24, 2.45) is 0 Å². The molecule has 0 radical (unpaired) electrons. The first-order valence-corrected chi connectivity index (χ1v) is 9.99. The van der Waals surface area contributed by atoms with E-state index in [0.29, 0.717) is 24.7 Å². The van der Waals surface area contributed by atoms with E-state index in [-0.39, 0.29) is 23.4 Å². The van der Waals surface area contributed by atoms with Crippen molar-refractivity contribution in [3.63, 3.8) is 0 Å². The van der Waals surface area contributed by atoms with Gasteiger partial charge in [0.05, 0.1) is 13.0 Å². The van der Waals surface area contributed by atoms with Crippen LogP contribution in [0.2, 0.25) is 5.02 Å². The predicted octanol–water partition coefficient (Wildman–Crippen LogP) is 4.21. The minimum atomic E-state index is -0.348. The number of ether oxygens (including phenoxy) is 1. The molecule has 1 amide bonds. The first-order valence-electron chi connectivity index (χ1n) is 9.21. The molecule has 2 aromatic rings. The summed E-state index contributed by atoms with van der Waals surface area (Å²) < 4.78 is 4.98. The van der Waals surface area contributed by atoms with Gasteiger partial charge < -0.3 is 9.64 Å². The monoisotopic (exact) mass is 430 g/mol. The fourth-order valence-electron chi connectivity index (χ4n) is 2.49. The highest BCUT2D eigenvalue weighted by atomic mass is 35.5. The molecule has 0 bridgehead atoms. The summed E-state index contributed by atoms with van der Waals surface area (Å²) in [4.78, 5) is 25.8. The highest BCUT2D eigenvalue weighted by Gasteiger charge is 2.14. The first kappa shape index (κ1) is 22.6. The minimum absolute atomic E-state index is 0.178. The molecule has 0 atom stereocenters. The number of carbonyl (C=O) groups excluding carboxylic acids is 2. The summed E-state index contributed by atoms with van der Waals surface area (Å²) >= 11 is 11.3. The Labute approximate surface area is 181 Å². The van der Waals surface area contributed by atoms with Gasteiger partial charge in [-0.3, -0.25) is 14.9 Å². The highest BCUT2D eigenvalue weighted by Crippen LogP contribution is 2.11. The van der Waals surface area contributed by atoms with Crippen molar-refractivity contribution in [1.29, 1.82) is 0 Å². The molecule has 0 heterocycles. The molecule has 0 unspecified atom stereocenters. The number of nitrogens with zero attached hydrogens (tertiary/aromatic N) is 1. The molecule has 2 rings (SSSR count). The van der Waals surface area contributed by atoms with E-state index in [9.17, 15) is 9.59 Å². The lowest BCUT2D eigenvalue weighted by molar-refractivity contribution is -0.143. The Kier molecular flexibility index (Phi) is 9.34. The molecule has 0 aliphatic carbocycles. The van der Waals surface area contributed by atoms with Crippen LogP contribution in [0.25, 0.3) is 6.08 Å². The van der Waals surface area contributed by atoms with Crippen molar-refractivity contribution >= 4 is 46.9 Å². The van der Waals surface area contributed by atoms with Crippen molar-refractivity contribution in [3.8, 4) is 0 Å². The van der Waals surface area contributed by atoms with Gasteiger partial charge in [-0.15, -0.1) is 0 Å².